The van der Waals surface area contributed by atoms with Crippen molar-refractivity contribution >= 4 is 10.0 Å². The fourth-order valence-electron chi connectivity index (χ4n) is 2.26. The van der Waals surface area contributed by atoms with Gasteiger partial charge in [0.15, 0.2) is 0 Å². The third kappa shape index (κ3) is 3.54. The van der Waals surface area contributed by atoms with Gasteiger partial charge in [0, 0.05) is 6.54 Å². The Morgan fingerprint density at radius 1 is 1.11 bits per heavy atom. The fourth-order valence-corrected chi connectivity index (χ4v) is 3.40. The summed E-state index contributed by atoms with van der Waals surface area (Å²) in [6.07, 6.45) is 3.12. The Morgan fingerprint density at radius 2 is 1.72 bits per heavy atom. The summed E-state index contributed by atoms with van der Waals surface area (Å²) in [5.41, 5.74) is 0. The lowest BCUT2D eigenvalue weighted by atomic mass is 9.88. The van der Waals surface area contributed by atoms with Crippen LogP contribution in [0, 0.1) is 5.92 Å². The smallest absolute Gasteiger partial charge is 0.240 e. The Balaban J connectivity index is 1.90. The van der Waals surface area contributed by atoms with Gasteiger partial charge in [-0.3, -0.25) is 0 Å². The highest BCUT2D eigenvalue weighted by atomic mass is 32.2. The lowest BCUT2D eigenvalue weighted by molar-refractivity contribution is 0.109. The van der Waals surface area contributed by atoms with E-state index in [-0.39, 0.29) is 6.10 Å². The van der Waals surface area contributed by atoms with E-state index in [4.69, 9.17) is 0 Å². The van der Waals surface area contributed by atoms with Gasteiger partial charge in [-0.05, 0) is 43.7 Å². The van der Waals surface area contributed by atoms with E-state index in [1.807, 2.05) is 0 Å². The number of hydrogen-bond acceptors (Lipinski definition) is 3. The van der Waals surface area contributed by atoms with E-state index in [0.29, 0.717) is 17.4 Å². The predicted octanol–water partition coefficient (Wildman–Crippen LogP) is 1.52. The van der Waals surface area contributed by atoms with Gasteiger partial charge in [0.05, 0.1) is 11.0 Å². The molecule has 2 rings (SSSR count). The molecule has 2 N–H and O–H groups in total. The van der Waals surface area contributed by atoms with Crippen molar-refractivity contribution in [1.29, 1.82) is 0 Å². The van der Waals surface area contributed by atoms with Gasteiger partial charge in [0.25, 0.3) is 0 Å². The van der Waals surface area contributed by atoms with Crippen LogP contribution in [0.4, 0.5) is 0 Å². The molecule has 1 aliphatic carbocycles. The largest absolute Gasteiger partial charge is 0.393 e. The molecule has 1 aliphatic rings. The first kappa shape index (κ1) is 13.5. The van der Waals surface area contributed by atoms with Crippen LogP contribution in [0.3, 0.4) is 0 Å². The molecule has 0 aliphatic heterocycles. The molecule has 18 heavy (non-hydrogen) atoms. The van der Waals surface area contributed by atoms with Gasteiger partial charge >= 0.3 is 0 Å². The second kappa shape index (κ2) is 5.82. The van der Waals surface area contributed by atoms with Crippen molar-refractivity contribution in [3.8, 4) is 0 Å². The Labute approximate surface area is 108 Å². The van der Waals surface area contributed by atoms with Crippen molar-refractivity contribution < 1.29 is 13.5 Å². The van der Waals surface area contributed by atoms with Crippen LogP contribution >= 0.6 is 0 Å². The van der Waals surface area contributed by atoms with Gasteiger partial charge in [-0.15, -0.1) is 0 Å². The van der Waals surface area contributed by atoms with Crippen molar-refractivity contribution in [2.75, 3.05) is 6.54 Å². The Bertz CT molecular complexity index is 464. The first-order chi connectivity index (χ1) is 8.58. The quantitative estimate of drug-likeness (QED) is 0.871. The lowest BCUT2D eigenvalue weighted by Gasteiger charge is -2.25. The third-order valence-corrected chi connectivity index (χ3v) is 4.87. The second-order valence-corrected chi connectivity index (χ2v) is 6.61. The molecule has 1 aromatic carbocycles. The maximum Gasteiger partial charge on any atom is 0.240 e. The zero-order chi connectivity index (χ0) is 13.0. The molecule has 100 valence electrons. The maximum absolute atomic E-state index is 12.0. The molecule has 0 spiro atoms. The van der Waals surface area contributed by atoms with Crippen molar-refractivity contribution in [2.24, 2.45) is 5.92 Å². The lowest BCUT2D eigenvalue weighted by Crippen LogP contribution is -2.32. The average Bonchev–Trinajstić information content (AvgIpc) is 2.39. The van der Waals surface area contributed by atoms with Crippen LogP contribution in [0.5, 0.6) is 0 Å². The molecule has 0 aromatic heterocycles. The molecule has 4 nitrogen and oxygen atoms in total. The SMILES string of the molecule is O=S(=O)(NCC1CCC(O)CC1)c1ccccc1. The Morgan fingerprint density at radius 3 is 2.33 bits per heavy atom. The predicted molar refractivity (Wildman–Crippen MR) is 69.6 cm³/mol. The van der Waals surface area contributed by atoms with Gasteiger partial charge in [-0.1, -0.05) is 18.2 Å². The van der Waals surface area contributed by atoms with Crippen LogP contribution in [-0.2, 0) is 10.0 Å². The first-order valence-electron chi connectivity index (χ1n) is 6.31. The minimum absolute atomic E-state index is 0.202. The van der Waals surface area contributed by atoms with E-state index in [2.05, 4.69) is 4.72 Å². The number of sulfonamides is 1. The molecule has 0 unspecified atom stereocenters. The molecule has 0 heterocycles. The summed E-state index contributed by atoms with van der Waals surface area (Å²) in [6.45, 7) is 0.462. The number of benzene rings is 1. The monoisotopic (exact) mass is 269 g/mol. The van der Waals surface area contributed by atoms with E-state index in [1.165, 1.54) is 0 Å². The summed E-state index contributed by atoms with van der Waals surface area (Å²) < 4.78 is 26.6. The van der Waals surface area contributed by atoms with E-state index < -0.39 is 10.0 Å². The molecule has 0 atom stereocenters. The third-order valence-electron chi connectivity index (χ3n) is 3.43. The summed E-state index contributed by atoms with van der Waals surface area (Å²) in [7, 11) is -3.39. The van der Waals surface area contributed by atoms with Crippen LogP contribution in [0.25, 0.3) is 0 Å². The molecule has 1 aromatic rings. The molecule has 0 saturated heterocycles. The molecule has 1 fully saturated rings. The molecule has 0 bridgehead atoms. The summed E-state index contributed by atoms with van der Waals surface area (Å²) in [5, 5.41) is 9.39. The fraction of sp³-hybridized carbons (Fsp3) is 0.538. The molecule has 5 heteroatoms. The number of nitrogens with one attached hydrogen (secondary N) is 1. The van der Waals surface area contributed by atoms with Crippen molar-refractivity contribution in [3.05, 3.63) is 30.3 Å². The normalized spacial score (nSPS) is 24.9. The first-order valence-corrected chi connectivity index (χ1v) is 7.79. The van der Waals surface area contributed by atoms with Gasteiger partial charge in [-0.25, -0.2) is 13.1 Å². The zero-order valence-corrected chi connectivity index (χ0v) is 11.1. The zero-order valence-electron chi connectivity index (χ0n) is 10.2. The highest BCUT2D eigenvalue weighted by Gasteiger charge is 2.21. The van der Waals surface area contributed by atoms with E-state index in [9.17, 15) is 13.5 Å². The van der Waals surface area contributed by atoms with Crippen LogP contribution in [0.1, 0.15) is 25.7 Å². The van der Waals surface area contributed by atoms with Crippen molar-refractivity contribution in [2.45, 2.75) is 36.7 Å². The summed E-state index contributed by atoms with van der Waals surface area (Å²) in [4.78, 5) is 0.306. The second-order valence-electron chi connectivity index (χ2n) is 4.84. The number of aliphatic hydroxyl groups excluding tert-OH is 1. The summed E-state index contributed by atoms with van der Waals surface area (Å²) in [6, 6.07) is 8.40. The highest BCUT2D eigenvalue weighted by molar-refractivity contribution is 7.89. The number of rotatable bonds is 4. The Hall–Kier alpha value is -0.910. The van der Waals surface area contributed by atoms with Crippen LogP contribution in [-0.4, -0.2) is 26.2 Å². The minimum atomic E-state index is -3.39. The molecule has 0 radical (unpaired) electrons. The van der Waals surface area contributed by atoms with Gasteiger partial charge in [0.1, 0.15) is 0 Å². The minimum Gasteiger partial charge on any atom is -0.393 e. The number of aliphatic hydroxyl groups is 1. The summed E-state index contributed by atoms with van der Waals surface area (Å²) in [5.74, 6) is 0.340. The van der Waals surface area contributed by atoms with Crippen LogP contribution in [0.2, 0.25) is 0 Å². The van der Waals surface area contributed by atoms with Crippen LogP contribution < -0.4 is 4.72 Å². The van der Waals surface area contributed by atoms with E-state index in [1.54, 1.807) is 30.3 Å². The van der Waals surface area contributed by atoms with E-state index in [0.717, 1.165) is 25.7 Å². The maximum atomic E-state index is 12.0. The molecule has 0 amide bonds. The van der Waals surface area contributed by atoms with Gasteiger partial charge < -0.3 is 5.11 Å². The van der Waals surface area contributed by atoms with Crippen molar-refractivity contribution in [3.63, 3.8) is 0 Å². The highest BCUT2D eigenvalue weighted by Crippen LogP contribution is 2.23. The van der Waals surface area contributed by atoms with Crippen LogP contribution in [0.15, 0.2) is 35.2 Å². The topological polar surface area (TPSA) is 66.4 Å². The standard InChI is InChI=1S/C13H19NO3S/c15-12-8-6-11(7-9-12)10-14-18(16,17)13-4-2-1-3-5-13/h1-5,11-12,14-15H,6-10H2. The average molecular weight is 269 g/mol. The molecule has 1 saturated carbocycles. The molecular weight excluding hydrogens is 250 g/mol. The van der Waals surface area contributed by atoms with E-state index >= 15 is 0 Å². The van der Waals surface area contributed by atoms with Gasteiger partial charge in [0.2, 0.25) is 10.0 Å². The number of hydrogen-bond donors (Lipinski definition) is 2. The Kier molecular flexibility index (Phi) is 4.37. The van der Waals surface area contributed by atoms with Crippen molar-refractivity contribution in [1.82, 2.24) is 4.72 Å². The van der Waals surface area contributed by atoms with Gasteiger partial charge in [-0.2, -0.15) is 0 Å². The summed E-state index contributed by atoms with van der Waals surface area (Å²) >= 11 is 0. The molecular formula is C13H19NO3S.